The van der Waals surface area contributed by atoms with Gasteiger partial charge in [-0.15, -0.1) is 0 Å². The van der Waals surface area contributed by atoms with Crippen LogP contribution < -0.4 is 0 Å². The molecule has 1 aromatic heterocycles. The Morgan fingerprint density at radius 1 is 0.364 bits per heavy atom. The van der Waals surface area contributed by atoms with Gasteiger partial charge in [0.2, 0.25) is 0 Å². The SMILES string of the molecule is [2H]c1c([2H])c(-c2c([2H])c([2H])c(-n3c4c([2H])c([2H])c([2H])c([2H])c4c4c([2H])c([2H])c(C)c([2H])c43)c([2H])c2[2H])c([2H])c(-c2c([2H])c([2H])c3c4c([2H])c([2H])c([2H])c([2H])c4c4c([2H])c([2H])c([2H])c([2H])c4c3c2[2H])c1[2H]. The maximum atomic E-state index is 9.64. The molecular formula is C43H29N. The van der Waals surface area contributed by atoms with Crippen molar-refractivity contribution >= 4 is 54.1 Å². The van der Waals surface area contributed by atoms with Crippen molar-refractivity contribution in [1.82, 2.24) is 4.57 Å². The van der Waals surface area contributed by atoms with E-state index in [1.54, 1.807) is 0 Å². The third-order valence-corrected chi connectivity index (χ3v) is 7.18. The van der Waals surface area contributed by atoms with Crippen molar-refractivity contribution in [1.29, 1.82) is 0 Å². The van der Waals surface area contributed by atoms with Crippen LogP contribution in [0.3, 0.4) is 0 Å². The summed E-state index contributed by atoms with van der Waals surface area (Å²) in [5.74, 6) is 0. The lowest BCUT2D eigenvalue weighted by atomic mass is 9.91. The van der Waals surface area contributed by atoms with Crippen molar-refractivity contribution in [2.75, 3.05) is 0 Å². The van der Waals surface area contributed by atoms with E-state index in [9.17, 15) is 11.0 Å². The molecule has 0 bridgehead atoms. The molecule has 0 amide bonds. The molecule has 0 saturated carbocycles. The van der Waals surface area contributed by atoms with Gasteiger partial charge in [-0.1, -0.05) is 121 Å². The topological polar surface area (TPSA) is 4.93 Å². The van der Waals surface area contributed by atoms with Gasteiger partial charge in [0.1, 0.15) is 0 Å². The van der Waals surface area contributed by atoms with Gasteiger partial charge in [0, 0.05) is 16.5 Å². The first-order chi connectivity index (χ1) is 32.6. The van der Waals surface area contributed by atoms with Gasteiger partial charge in [-0.25, -0.2) is 0 Å². The van der Waals surface area contributed by atoms with E-state index in [1.807, 2.05) is 0 Å². The Hall–Kier alpha value is -5.66. The Morgan fingerprint density at radius 2 is 0.864 bits per heavy atom. The lowest BCUT2D eigenvalue weighted by Gasteiger charge is -2.13. The molecule has 0 atom stereocenters. The van der Waals surface area contributed by atoms with Gasteiger partial charge in [-0.3, -0.25) is 0 Å². The molecule has 0 spiro atoms. The van der Waals surface area contributed by atoms with Crippen molar-refractivity contribution in [3.05, 3.63) is 163 Å². The van der Waals surface area contributed by atoms with E-state index in [0.717, 1.165) is 4.57 Å². The standard InChI is InChI=1S/C43H29N/c1-28-17-23-40-39-15-6-7-16-42(39)44(43(40)25-28)33-21-18-29(19-22-33)30-9-8-10-31(26-30)32-20-24-38-36-13-3-2-11-34(36)35-12-4-5-14-37(35)41(38)27-32/h2-27H,1H3/i2D,3D,4D,5D,6D,7D,8D,9D,10D,11D,12D,13D,14D,15D,16D,17D,18D,19D,20D,21D,22D,23D,24D,25D,26D,27D. The quantitative estimate of drug-likeness (QED) is 0.182. The average Bonchev–Trinajstić information content (AvgIpc) is 3.68. The van der Waals surface area contributed by atoms with E-state index in [0.29, 0.717) is 0 Å². The molecule has 8 aromatic carbocycles. The molecule has 0 fully saturated rings. The highest BCUT2D eigenvalue weighted by Crippen LogP contribution is 2.38. The molecule has 9 rings (SSSR count). The Bertz CT molecular complexity index is 3870. The molecule has 1 heterocycles. The first-order valence-electron chi connectivity index (χ1n) is 26.2. The third kappa shape index (κ3) is 3.80. The third-order valence-electron chi connectivity index (χ3n) is 7.18. The van der Waals surface area contributed by atoms with Crippen molar-refractivity contribution in [2.45, 2.75) is 6.92 Å². The van der Waals surface area contributed by atoms with Gasteiger partial charge >= 0.3 is 0 Å². The summed E-state index contributed by atoms with van der Waals surface area (Å²) in [7, 11) is 0. The van der Waals surface area contributed by atoms with Gasteiger partial charge in [0.25, 0.3) is 0 Å². The number of hydrogen-bond acceptors (Lipinski definition) is 0. The van der Waals surface area contributed by atoms with Gasteiger partial charge in [-0.2, -0.15) is 0 Å². The Labute approximate surface area is 292 Å². The normalized spacial score (nSPS) is 20.0. The molecule has 0 aliphatic carbocycles. The van der Waals surface area contributed by atoms with Crippen LogP contribution >= 0.6 is 0 Å². The van der Waals surface area contributed by atoms with Crippen molar-refractivity contribution in [2.24, 2.45) is 0 Å². The summed E-state index contributed by atoms with van der Waals surface area (Å²) in [5, 5.41) is -3.69. The minimum absolute atomic E-state index is 0.0922. The second-order valence-corrected chi connectivity index (χ2v) is 9.76. The highest BCUT2D eigenvalue weighted by Gasteiger charge is 2.13. The molecule has 0 N–H and O–H groups in total. The number of nitrogens with zero attached hydrogens (tertiary/aromatic N) is 1. The van der Waals surface area contributed by atoms with Gasteiger partial charge in [0.15, 0.2) is 0 Å². The number of hydrogen-bond donors (Lipinski definition) is 0. The fourth-order valence-corrected chi connectivity index (χ4v) is 5.24. The van der Waals surface area contributed by atoms with Crippen molar-refractivity contribution in [3.8, 4) is 27.9 Å². The van der Waals surface area contributed by atoms with Crippen LogP contribution in [-0.2, 0) is 0 Å². The van der Waals surface area contributed by atoms with E-state index in [1.165, 1.54) is 6.92 Å². The summed E-state index contributed by atoms with van der Waals surface area (Å²) in [6.45, 7) is 1.32. The van der Waals surface area contributed by atoms with Gasteiger partial charge < -0.3 is 4.57 Å². The Morgan fingerprint density at radius 3 is 1.57 bits per heavy atom. The van der Waals surface area contributed by atoms with Crippen LogP contribution in [0.15, 0.2) is 157 Å². The minimum Gasteiger partial charge on any atom is -0.309 e. The molecule has 9 aromatic rings. The van der Waals surface area contributed by atoms with E-state index in [4.69, 9.17) is 24.7 Å². The Balaban J connectivity index is 1.44. The predicted molar refractivity (Wildman–Crippen MR) is 189 cm³/mol. The van der Waals surface area contributed by atoms with Crippen molar-refractivity contribution in [3.63, 3.8) is 0 Å². The van der Waals surface area contributed by atoms with Crippen molar-refractivity contribution < 1.29 is 35.6 Å². The summed E-state index contributed by atoms with van der Waals surface area (Å²) in [5.41, 5.74) is -4.97. The molecular weight excluding hydrogens is 530 g/mol. The maximum absolute atomic E-state index is 9.64. The minimum atomic E-state index is -1.04. The largest absolute Gasteiger partial charge is 0.309 e. The van der Waals surface area contributed by atoms with E-state index in [2.05, 4.69) is 0 Å². The lowest BCUT2D eigenvalue weighted by molar-refractivity contribution is 1.18. The smallest absolute Gasteiger partial charge is 0.0648 e. The second kappa shape index (κ2) is 9.69. The molecule has 1 heteroatoms. The molecule has 0 radical (unpaired) electrons. The number of rotatable bonds is 3. The van der Waals surface area contributed by atoms with Crippen LogP contribution in [0.5, 0.6) is 0 Å². The first-order valence-corrected chi connectivity index (χ1v) is 13.2. The van der Waals surface area contributed by atoms with Crippen LogP contribution in [0, 0.1) is 6.92 Å². The Kier molecular flexibility index (Phi) is 2.25. The molecule has 44 heavy (non-hydrogen) atoms. The van der Waals surface area contributed by atoms with Crippen LogP contribution in [0.2, 0.25) is 0 Å². The molecule has 1 nitrogen and oxygen atoms in total. The van der Waals surface area contributed by atoms with Crippen LogP contribution in [0.1, 0.15) is 41.2 Å². The molecule has 0 saturated heterocycles. The van der Waals surface area contributed by atoms with E-state index in [-0.39, 0.29) is 21.9 Å². The monoisotopic (exact) mass is 585 g/mol. The number of benzene rings is 8. The predicted octanol–water partition coefficient (Wildman–Crippen LogP) is 11.9. The molecule has 0 aliphatic heterocycles. The van der Waals surface area contributed by atoms with Crippen LogP contribution in [0.4, 0.5) is 0 Å². The summed E-state index contributed by atoms with van der Waals surface area (Å²) >= 11 is 0. The van der Waals surface area contributed by atoms with Crippen LogP contribution in [0.25, 0.3) is 82.1 Å². The van der Waals surface area contributed by atoms with Gasteiger partial charge in [0.05, 0.1) is 46.7 Å². The summed E-state index contributed by atoms with van der Waals surface area (Å²) in [6, 6.07) is -21.8. The number of aromatic nitrogens is 1. The first kappa shape index (κ1) is 10.2. The molecule has 0 unspecified atom stereocenters. The second-order valence-electron chi connectivity index (χ2n) is 9.76. The molecule has 206 valence electrons. The summed E-state index contributed by atoms with van der Waals surface area (Å²) in [6.07, 6.45) is 0. The summed E-state index contributed by atoms with van der Waals surface area (Å²) < 4.78 is 233. The van der Waals surface area contributed by atoms with Crippen LogP contribution in [-0.4, -0.2) is 4.57 Å². The zero-order valence-electron chi connectivity index (χ0n) is 48.4. The maximum Gasteiger partial charge on any atom is 0.0648 e. The summed E-state index contributed by atoms with van der Waals surface area (Å²) in [4.78, 5) is 0. The lowest BCUT2D eigenvalue weighted by Crippen LogP contribution is -1.94. The highest BCUT2D eigenvalue weighted by molar-refractivity contribution is 6.25. The highest BCUT2D eigenvalue weighted by atomic mass is 15.0. The fourth-order valence-electron chi connectivity index (χ4n) is 5.24. The van der Waals surface area contributed by atoms with E-state index < -0.39 is 223 Å². The van der Waals surface area contributed by atoms with E-state index >= 15 is 0 Å². The molecule has 0 aliphatic rings. The number of para-hydroxylation sites is 1. The fraction of sp³-hybridized carbons (Fsp3) is 0.0233. The zero-order valence-corrected chi connectivity index (χ0v) is 22.4. The average molecular weight is 586 g/mol. The number of fused-ring (bicyclic) bond motifs is 9. The zero-order chi connectivity index (χ0) is 51.8. The van der Waals surface area contributed by atoms with Gasteiger partial charge in [-0.05, 0) is 103 Å².